The van der Waals surface area contributed by atoms with Gasteiger partial charge in [-0.2, -0.15) is 0 Å². The fourth-order valence-electron chi connectivity index (χ4n) is 3.88. The number of hydrogen-bond donors (Lipinski definition) is 1. The molecule has 184 valence electrons. The molecule has 0 bridgehead atoms. The SMILES string of the molecule is CCC(C)NC(=O)C(Cc1ccccc1)N(Cc1ccccc1)C(=O)CSCc1ccccc1C. The molecule has 35 heavy (non-hydrogen) atoms. The van der Waals surface area contributed by atoms with Gasteiger partial charge >= 0.3 is 0 Å². The molecule has 0 aromatic heterocycles. The number of amides is 2. The van der Waals surface area contributed by atoms with Gasteiger partial charge in [0.2, 0.25) is 11.8 Å². The van der Waals surface area contributed by atoms with Crippen LogP contribution in [0.1, 0.15) is 42.5 Å². The largest absolute Gasteiger partial charge is 0.352 e. The van der Waals surface area contributed by atoms with E-state index in [-0.39, 0.29) is 17.9 Å². The van der Waals surface area contributed by atoms with E-state index in [1.807, 2.05) is 86.6 Å². The third kappa shape index (κ3) is 8.29. The Bertz CT molecular complexity index is 1070. The van der Waals surface area contributed by atoms with E-state index in [9.17, 15) is 9.59 Å². The Morgan fingerprint density at radius 3 is 2.11 bits per heavy atom. The highest BCUT2D eigenvalue weighted by Crippen LogP contribution is 2.20. The highest BCUT2D eigenvalue weighted by Gasteiger charge is 2.30. The van der Waals surface area contributed by atoms with Crippen LogP contribution in [0.15, 0.2) is 84.9 Å². The fourth-order valence-corrected chi connectivity index (χ4v) is 4.86. The van der Waals surface area contributed by atoms with Crippen molar-refractivity contribution in [1.82, 2.24) is 10.2 Å². The molecule has 0 spiro atoms. The van der Waals surface area contributed by atoms with Gasteiger partial charge in [-0.3, -0.25) is 9.59 Å². The number of hydrogen-bond acceptors (Lipinski definition) is 3. The maximum atomic E-state index is 13.6. The Hall–Kier alpha value is -3.05. The molecule has 0 radical (unpaired) electrons. The molecule has 3 rings (SSSR count). The predicted molar refractivity (Wildman–Crippen MR) is 146 cm³/mol. The van der Waals surface area contributed by atoms with Crippen LogP contribution in [0, 0.1) is 6.92 Å². The molecule has 0 heterocycles. The molecule has 5 heteroatoms. The van der Waals surface area contributed by atoms with Gasteiger partial charge in [-0.15, -0.1) is 11.8 Å². The van der Waals surface area contributed by atoms with Crippen molar-refractivity contribution < 1.29 is 9.59 Å². The summed E-state index contributed by atoms with van der Waals surface area (Å²) in [6.45, 7) is 6.54. The Kier molecular flexibility index (Phi) is 10.4. The fraction of sp³-hybridized carbons (Fsp3) is 0.333. The summed E-state index contributed by atoms with van der Waals surface area (Å²) in [5.41, 5.74) is 4.51. The highest BCUT2D eigenvalue weighted by atomic mass is 32.2. The molecule has 3 aromatic carbocycles. The maximum absolute atomic E-state index is 13.6. The van der Waals surface area contributed by atoms with Crippen LogP contribution in [0.4, 0.5) is 0 Å². The molecule has 0 saturated carbocycles. The van der Waals surface area contributed by atoms with Crippen molar-refractivity contribution >= 4 is 23.6 Å². The third-order valence-corrected chi connectivity index (χ3v) is 7.18. The molecule has 0 saturated heterocycles. The van der Waals surface area contributed by atoms with E-state index in [0.29, 0.717) is 18.7 Å². The molecule has 0 aliphatic rings. The molecular formula is C30H36N2O2S. The summed E-state index contributed by atoms with van der Waals surface area (Å²) >= 11 is 1.60. The van der Waals surface area contributed by atoms with Crippen molar-refractivity contribution in [2.24, 2.45) is 0 Å². The van der Waals surface area contributed by atoms with Crippen molar-refractivity contribution in [1.29, 1.82) is 0 Å². The van der Waals surface area contributed by atoms with Gasteiger partial charge in [-0.25, -0.2) is 0 Å². The number of carbonyl (C=O) groups is 2. The van der Waals surface area contributed by atoms with E-state index in [2.05, 4.69) is 24.4 Å². The quantitative estimate of drug-likeness (QED) is 0.351. The van der Waals surface area contributed by atoms with Crippen molar-refractivity contribution in [3.05, 3.63) is 107 Å². The van der Waals surface area contributed by atoms with Crippen LogP contribution in [0.3, 0.4) is 0 Å². The van der Waals surface area contributed by atoms with Crippen LogP contribution >= 0.6 is 11.8 Å². The molecule has 2 amide bonds. The van der Waals surface area contributed by atoms with E-state index in [4.69, 9.17) is 0 Å². The lowest BCUT2D eigenvalue weighted by molar-refractivity contribution is -0.139. The van der Waals surface area contributed by atoms with Gasteiger partial charge in [0.15, 0.2) is 0 Å². The zero-order chi connectivity index (χ0) is 25.0. The molecule has 2 unspecified atom stereocenters. The second-order valence-electron chi connectivity index (χ2n) is 8.95. The number of aryl methyl sites for hydroxylation is 1. The number of rotatable bonds is 12. The third-order valence-electron chi connectivity index (χ3n) is 6.21. The van der Waals surface area contributed by atoms with Crippen LogP contribution in [0.25, 0.3) is 0 Å². The summed E-state index contributed by atoms with van der Waals surface area (Å²) in [7, 11) is 0. The first-order valence-corrected chi connectivity index (χ1v) is 13.4. The molecule has 0 aliphatic carbocycles. The van der Waals surface area contributed by atoms with Crippen LogP contribution in [-0.4, -0.2) is 34.6 Å². The molecule has 1 N–H and O–H groups in total. The van der Waals surface area contributed by atoms with Gasteiger partial charge in [-0.1, -0.05) is 91.9 Å². The minimum atomic E-state index is -0.585. The lowest BCUT2D eigenvalue weighted by atomic mass is 10.0. The second-order valence-corrected chi connectivity index (χ2v) is 9.94. The highest BCUT2D eigenvalue weighted by molar-refractivity contribution is 7.99. The predicted octanol–water partition coefficient (Wildman–Crippen LogP) is 5.78. The Morgan fingerprint density at radius 2 is 1.49 bits per heavy atom. The van der Waals surface area contributed by atoms with E-state index < -0.39 is 6.04 Å². The van der Waals surface area contributed by atoms with Gasteiger partial charge in [-0.05, 0) is 42.5 Å². The molecule has 0 fully saturated rings. The zero-order valence-corrected chi connectivity index (χ0v) is 21.8. The summed E-state index contributed by atoms with van der Waals surface area (Å²) in [4.78, 5) is 28.9. The lowest BCUT2D eigenvalue weighted by Crippen LogP contribution is -2.52. The van der Waals surface area contributed by atoms with E-state index in [1.54, 1.807) is 16.7 Å². The summed E-state index contributed by atoms with van der Waals surface area (Å²) < 4.78 is 0. The summed E-state index contributed by atoms with van der Waals surface area (Å²) in [5.74, 6) is 0.965. The zero-order valence-electron chi connectivity index (χ0n) is 20.9. The first-order valence-electron chi connectivity index (χ1n) is 12.3. The van der Waals surface area contributed by atoms with Gasteiger partial charge in [0.05, 0.1) is 5.75 Å². The first-order chi connectivity index (χ1) is 17.0. The topological polar surface area (TPSA) is 49.4 Å². The van der Waals surface area contributed by atoms with Crippen molar-refractivity contribution in [3.8, 4) is 0 Å². The van der Waals surface area contributed by atoms with Gasteiger partial charge < -0.3 is 10.2 Å². The standard InChI is InChI=1S/C30H36N2O2S/c1-4-24(3)31-30(34)28(19-25-14-7-5-8-15-25)32(20-26-16-9-6-10-17-26)29(33)22-35-21-27-18-12-11-13-23(27)2/h5-18,24,28H,4,19-22H2,1-3H3,(H,31,34). The van der Waals surface area contributed by atoms with Crippen molar-refractivity contribution in [2.45, 2.75) is 58.0 Å². The molecule has 2 atom stereocenters. The van der Waals surface area contributed by atoms with Crippen molar-refractivity contribution in [2.75, 3.05) is 5.75 Å². The minimum absolute atomic E-state index is 0.0207. The smallest absolute Gasteiger partial charge is 0.243 e. The number of nitrogens with one attached hydrogen (secondary N) is 1. The normalized spacial score (nSPS) is 12.5. The number of thioether (sulfide) groups is 1. The average molecular weight is 489 g/mol. The van der Waals surface area contributed by atoms with Crippen LogP contribution < -0.4 is 5.32 Å². The molecule has 3 aromatic rings. The van der Waals surface area contributed by atoms with Gasteiger partial charge in [0.25, 0.3) is 0 Å². The van der Waals surface area contributed by atoms with Crippen LogP contribution in [-0.2, 0) is 28.3 Å². The Labute approximate surface area is 214 Å². The van der Waals surface area contributed by atoms with Crippen LogP contribution in [0.2, 0.25) is 0 Å². The lowest BCUT2D eigenvalue weighted by Gasteiger charge is -2.32. The summed E-state index contributed by atoms with van der Waals surface area (Å²) in [6, 6.07) is 27.6. The van der Waals surface area contributed by atoms with Gasteiger partial charge in [0, 0.05) is 24.8 Å². The second kappa shape index (κ2) is 13.7. The molecular weight excluding hydrogens is 452 g/mol. The van der Waals surface area contributed by atoms with Crippen molar-refractivity contribution in [3.63, 3.8) is 0 Å². The molecule has 0 aliphatic heterocycles. The Morgan fingerprint density at radius 1 is 0.886 bits per heavy atom. The number of nitrogens with zero attached hydrogens (tertiary/aromatic N) is 1. The molecule has 4 nitrogen and oxygen atoms in total. The number of carbonyl (C=O) groups excluding carboxylic acids is 2. The van der Waals surface area contributed by atoms with Gasteiger partial charge in [0.1, 0.15) is 6.04 Å². The summed E-state index contributed by atoms with van der Waals surface area (Å²) in [6.07, 6.45) is 1.31. The van der Waals surface area contributed by atoms with E-state index in [1.165, 1.54) is 11.1 Å². The number of benzene rings is 3. The van der Waals surface area contributed by atoms with Crippen LogP contribution in [0.5, 0.6) is 0 Å². The summed E-state index contributed by atoms with van der Waals surface area (Å²) in [5, 5.41) is 3.12. The maximum Gasteiger partial charge on any atom is 0.243 e. The monoisotopic (exact) mass is 488 g/mol. The Balaban J connectivity index is 1.84. The average Bonchev–Trinajstić information content (AvgIpc) is 2.88. The minimum Gasteiger partial charge on any atom is -0.352 e. The van der Waals surface area contributed by atoms with E-state index in [0.717, 1.165) is 23.3 Å². The first kappa shape index (κ1) is 26.6. The van der Waals surface area contributed by atoms with E-state index >= 15 is 0 Å².